The van der Waals surface area contributed by atoms with E-state index in [9.17, 15) is 13.2 Å². The van der Waals surface area contributed by atoms with Crippen LogP contribution in [0, 0.1) is 6.92 Å². The summed E-state index contributed by atoms with van der Waals surface area (Å²) in [6, 6.07) is 20.6. The van der Waals surface area contributed by atoms with Crippen molar-refractivity contribution in [2.24, 2.45) is 5.14 Å². The van der Waals surface area contributed by atoms with Crippen LogP contribution in [0.3, 0.4) is 0 Å². The zero-order valence-electron chi connectivity index (χ0n) is 15.8. The Labute approximate surface area is 175 Å². The third-order valence-corrected chi connectivity index (χ3v) is 5.74. The summed E-state index contributed by atoms with van der Waals surface area (Å²) in [7, 11) is -3.76. The first-order valence-corrected chi connectivity index (χ1v) is 10.9. The van der Waals surface area contributed by atoms with E-state index in [1.54, 1.807) is 36.4 Å². The summed E-state index contributed by atoms with van der Waals surface area (Å²) in [6.45, 7) is 2.00. The third-order valence-electron chi connectivity index (χ3n) is 4.56. The standard InChI is InChI=1S/C22H21ClN2O3S/c1-15-2-4-16(5-3-15)21(14-22(26)17-6-8-18(23)9-7-17)25-19-10-12-20(13-11-19)29(24,27)28/h2-13,21,25H,14H2,1H3,(H2,24,27,28). The number of nitrogens with one attached hydrogen (secondary N) is 1. The maximum atomic E-state index is 12.8. The molecule has 0 saturated carbocycles. The third kappa shape index (κ3) is 5.67. The van der Waals surface area contributed by atoms with Gasteiger partial charge in [-0.3, -0.25) is 4.79 Å². The van der Waals surface area contributed by atoms with E-state index < -0.39 is 10.0 Å². The highest BCUT2D eigenvalue weighted by molar-refractivity contribution is 7.89. The average Bonchev–Trinajstić information content (AvgIpc) is 2.68. The van der Waals surface area contributed by atoms with Crippen molar-refractivity contribution in [1.82, 2.24) is 0 Å². The molecule has 3 N–H and O–H groups in total. The Morgan fingerprint density at radius 2 is 1.55 bits per heavy atom. The monoisotopic (exact) mass is 428 g/mol. The van der Waals surface area contributed by atoms with Crippen LogP contribution < -0.4 is 10.5 Å². The number of benzene rings is 3. The zero-order chi connectivity index (χ0) is 21.0. The second kappa shape index (κ2) is 8.78. The van der Waals surface area contributed by atoms with Gasteiger partial charge in [-0.15, -0.1) is 0 Å². The Morgan fingerprint density at radius 1 is 0.966 bits per heavy atom. The predicted octanol–water partition coefficient (Wildman–Crippen LogP) is 4.72. The van der Waals surface area contributed by atoms with Crippen LogP contribution in [-0.4, -0.2) is 14.2 Å². The number of nitrogens with two attached hydrogens (primary N) is 1. The minimum absolute atomic E-state index is 0.0269. The Balaban J connectivity index is 1.86. The number of hydrogen-bond donors (Lipinski definition) is 2. The van der Waals surface area contributed by atoms with Gasteiger partial charge in [0.2, 0.25) is 10.0 Å². The molecule has 0 amide bonds. The molecule has 0 bridgehead atoms. The molecule has 0 aliphatic carbocycles. The van der Waals surface area contributed by atoms with Gasteiger partial charge >= 0.3 is 0 Å². The minimum Gasteiger partial charge on any atom is -0.378 e. The van der Waals surface area contributed by atoms with Crippen molar-refractivity contribution < 1.29 is 13.2 Å². The van der Waals surface area contributed by atoms with Gasteiger partial charge in [0, 0.05) is 22.7 Å². The molecular formula is C22H21ClN2O3S. The van der Waals surface area contributed by atoms with Crippen molar-refractivity contribution >= 4 is 33.1 Å². The predicted molar refractivity (Wildman–Crippen MR) is 116 cm³/mol. The number of carbonyl (C=O) groups excluding carboxylic acids is 1. The fraction of sp³-hybridized carbons (Fsp3) is 0.136. The van der Waals surface area contributed by atoms with Crippen LogP contribution in [-0.2, 0) is 10.0 Å². The smallest absolute Gasteiger partial charge is 0.238 e. The van der Waals surface area contributed by atoms with Crippen molar-refractivity contribution in [3.63, 3.8) is 0 Å². The van der Waals surface area contributed by atoms with Gasteiger partial charge in [0.15, 0.2) is 5.78 Å². The fourth-order valence-corrected chi connectivity index (χ4v) is 3.57. The minimum atomic E-state index is -3.76. The van der Waals surface area contributed by atoms with E-state index in [4.69, 9.17) is 16.7 Å². The first-order valence-electron chi connectivity index (χ1n) is 8.97. The molecule has 29 heavy (non-hydrogen) atoms. The molecule has 5 nitrogen and oxygen atoms in total. The summed E-state index contributed by atoms with van der Waals surface area (Å²) >= 11 is 5.91. The van der Waals surface area contributed by atoms with E-state index in [2.05, 4.69) is 5.32 Å². The van der Waals surface area contributed by atoms with Gasteiger partial charge in [-0.2, -0.15) is 0 Å². The number of rotatable bonds is 7. The lowest BCUT2D eigenvalue weighted by Gasteiger charge is -2.20. The molecule has 7 heteroatoms. The number of ketones is 1. The number of aryl methyl sites for hydroxylation is 1. The largest absolute Gasteiger partial charge is 0.378 e. The topological polar surface area (TPSA) is 89.3 Å². The SMILES string of the molecule is Cc1ccc(C(CC(=O)c2ccc(Cl)cc2)Nc2ccc(S(N)(=O)=O)cc2)cc1. The van der Waals surface area contributed by atoms with Crippen LogP contribution in [0.25, 0.3) is 0 Å². The molecule has 0 saturated heterocycles. The Morgan fingerprint density at radius 3 is 2.10 bits per heavy atom. The van der Waals surface area contributed by atoms with Gasteiger partial charge < -0.3 is 5.32 Å². The highest BCUT2D eigenvalue weighted by Crippen LogP contribution is 2.26. The first-order chi connectivity index (χ1) is 13.7. The van der Waals surface area contributed by atoms with Crippen molar-refractivity contribution in [3.05, 3.63) is 94.5 Å². The molecule has 0 radical (unpaired) electrons. The molecule has 3 rings (SSSR count). The molecule has 1 unspecified atom stereocenters. The van der Waals surface area contributed by atoms with E-state index >= 15 is 0 Å². The quantitative estimate of drug-likeness (QED) is 0.532. The second-order valence-corrected chi connectivity index (χ2v) is 8.81. The van der Waals surface area contributed by atoms with Crippen molar-refractivity contribution in [3.8, 4) is 0 Å². The maximum Gasteiger partial charge on any atom is 0.238 e. The normalized spacial score (nSPS) is 12.4. The van der Waals surface area contributed by atoms with Gasteiger partial charge in [0.05, 0.1) is 10.9 Å². The van der Waals surface area contributed by atoms with Crippen LogP contribution >= 0.6 is 11.6 Å². The number of carbonyl (C=O) groups is 1. The molecule has 0 aromatic heterocycles. The van der Waals surface area contributed by atoms with E-state index in [0.29, 0.717) is 16.3 Å². The molecule has 0 aliphatic heterocycles. The molecule has 0 spiro atoms. The molecule has 150 valence electrons. The van der Waals surface area contributed by atoms with Gasteiger partial charge in [-0.1, -0.05) is 41.4 Å². The molecule has 0 aliphatic rings. The fourth-order valence-electron chi connectivity index (χ4n) is 2.93. The number of hydrogen-bond acceptors (Lipinski definition) is 4. The lowest BCUT2D eigenvalue weighted by Crippen LogP contribution is -2.16. The van der Waals surface area contributed by atoms with Crippen LogP contribution in [0.1, 0.15) is 33.9 Å². The number of sulfonamides is 1. The number of halogens is 1. The summed E-state index contributed by atoms with van der Waals surface area (Å²) in [6.07, 6.45) is 0.224. The lowest BCUT2D eigenvalue weighted by atomic mass is 9.97. The summed E-state index contributed by atoms with van der Waals surface area (Å²) in [4.78, 5) is 12.8. The van der Waals surface area contributed by atoms with Gasteiger partial charge in [-0.05, 0) is 61.0 Å². The van der Waals surface area contributed by atoms with E-state index in [-0.39, 0.29) is 23.1 Å². The summed E-state index contributed by atoms with van der Waals surface area (Å²) in [5.41, 5.74) is 3.34. The van der Waals surface area contributed by atoms with Gasteiger partial charge in [0.25, 0.3) is 0 Å². The molecular weight excluding hydrogens is 408 g/mol. The molecule has 0 fully saturated rings. The number of primary sulfonamides is 1. The maximum absolute atomic E-state index is 12.8. The van der Waals surface area contributed by atoms with Crippen LogP contribution in [0.2, 0.25) is 5.02 Å². The highest BCUT2D eigenvalue weighted by Gasteiger charge is 2.18. The Hall–Kier alpha value is -2.67. The lowest BCUT2D eigenvalue weighted by molar-refractivity contribution is 0.0976. The van der Waals surface area contributed by atoms with E-state index in [1.165, 1.54) is 12.1 Å². The van der Waals surface area contributed by atoms with Crippen LogP contribution in [0.5, 0.6) is 0 Å². The number of Topliss-reactive ketones (excluding diaryl/α,β-unsaturated/α-hetero) is 1. The highest BCUT2D eigenvalue weighted by atomic mass is 35.5. The molecule has 3 aromatic rings. The van der Waals surface area contributed by atoms with E-state index in [1.807, 2.05) is 31.2 Å². The van der Waals surface area contributed by atoms with Crippen molar-refractivity contribution in [1.29, 1.82) is 0 Å². The van der Waals surface area contributed by atoms with Crippen molar-refractivity contribution in [2.75, 3.05) is 5.32 Å². The average molecular weight is 429 g/mol. The van der Waals surface area contributed by atoms with Gasteiger partial charge in [0.1, 0.15) is 0 Å². The number of anilines is 1. The van der Waals surface area contributed by atoms with Gasteiger partial charge in [-0.25, -0.2) is 13.6 Å². The van der Waals surface area contributed by atoms with Crippen LogP contribution in [0.15, 0.2) is 77.7 Å². The second-order valence-electron chi connectivity index (χ2n) is 6.81. The summed E-state index contributed by atoms with van der Waals surface area (Å²) < 4.78 is 22.9. The van der Waals surface area contributed by atoms with Crippen LogP contribution in [0.4, 0.5) is 5.69 Å². The van der Waals surface area contributed by atoms with Crippen molar-refractivity contribution in [2.45, 2.75) is 24.3 Å². The molecule has 1 atom stereocenters. The molecule has 0 heterocycles. The first kappa shape index (κ1) is 21.0. The Bertz CT molecular complexity index is 1090. The summed E-state index contributed by atoms with van der Waals surface area (Å²) in [5, 5.41) is 9.05. The van der Waals surface area contributed by atoms with E-state index in [0.717, 1.165) is 11.1 Å². The Kier molecular flexibility index (Phi) is 6.37. The zero-order valence-corrected chi connectivity index (χ0v) is 17.4. The molecule has 3 aromatic carbocycles. The summed E-state index contributed by atoms with van der Waals surface area (Å²) in [5.74, 6) is -0.0269.